The van der Waals surface area contributed by atoms with Crippen LogP contribution in [0.25, 0.3) is 0 Å². The molecule has 1 fully saturated rings. The highest BCUT2D eigenvalue weighted by atomic mass is 35.5. The number of alkyl halides is 2. The van der Waals surface area contributed by atoms with Crippen molar-refractivity contribution in [2.24, 2.45) is 5.92 Å². The van der Waals surface area contributed by atoms with Crippen LogP contribution in [0.3, 0.4) is 0 Å². The Morgan fingerprint density at radius 1 is 1.50 bits per heavy atom. The van der Waals surface area contributed by atoms with Crippen molar-refractivity contribution < 1.29 is 18.3 Å². The van der Waals surface area contributed by atoms with Gasteiger partial charge in [0.15, 0.2) is 0 Å². The number of ether oxygens (including phenoxy) is 1. The molecule has 1 aromatic rings. The lowest BCUT2D eigenvalue weighted by atomic mass is 10.0. The normalized spacial score (nSPS) is 14.4. The highest BCUT2D eigenvalue weighted by molar-refractivity contribution is 6.30. The molecule has 8 heteroatoms. The smallest absolute Gasteiger partial charge is 0.387 e. The Labute approximate surface area is 126 Å². The highest BCUT2D eigenvalue weighted by Crippen LogP contribution is 2.24. The van der Waals surface area contributed by atoms with Gasteiger partial charge in [-0.05, 0) is 18.2 Å². The summed E-state index contributed by atoms with van der Waals surface area (Å²) in [5, 5.41) is 6.06. The second-order valence-electron chi connectivity index (χ2n) is 4.20. The van der Waals surface area contributed by atoms with Crippen LogP contribution in [0.15, 0.2) is 18.2 Å². The Morgan fingerprint density at radius 3 is 2.75 bits per heavy atom. The Balaban J connectivity index is 0.00000200. The molecule has 0 aliphatic carbocycles. The molecule has 0 bridgehead atoms. The fourth-order valence-electron chi connectivity index (χ4n) is 1.70. The van der Waals surface area contributed by atoms with Crippen LogP contribution in [0.2, 0.25) is 5.02 Å². The van der Waals surface area contributed by atoms with Gasteiger partial charge in [0, 0.05) is 30.2 Å². The van der Waals surface area contributed by atoms with Gasteiger partial charge < -0.3 is 15.4 Å². The van der Waals surface area contributed by atoms with Crippen molar-refractivity contribution in [1.82, 2.24) is 10.6 Å². The van der Waals surface area contributed by atoms with Gasteiger partial charge >= 0.3 is 6.61 Å². The van der Waals surface area contributed by atoms with E-state index >= 15 is 0 Å². The fraction of sp³-hybridized carbons (Fsp3) is 0.417. The number of nitrogens with one attached hydrogen (secondary N) is 2. The maximum absolute atomic E-state index is 12.2. The van der Waals surface area contributed by atoms with Crippen molar-refractivity contribution in [2.45, 2.75) is 13.2 Å². The van der Waals surface area contributed by atoms with E-state index in [1.807, 2.05) is 0 Å². The van der Waals surface area contributed by atoms with Crippen LogP contribution < -0.4 is 15.4 Å². The molecule has 2 rings (SSSR count). The maximum atomic E-state index is 12.2. The minimum absolute atomic E-state index is 0. The summed E-state index contributed by atoms with van der Waals surface area (Å²) in [6, 6.07) is 4.32. The van der Waals surface area contributed by atoms with Gasteiger partial charge in [-0.2, -0.15) is 8.78 Å². The average molecular weight is 327 g/mol. The summed E-state index contributed by atoms with van der Waals surface area (Å²) >= 11 is 5.80. The first-order valence-electron chi connectivity index (χ1n) is 5.78. The van der Waals surface area contributed by atoms with Gasteiger partial charge in [0.2, 0.25) is 5.91 Å². The SMILES string of the molecule is Cl.O=C(NCc1cc(Cl)ccc1OC(F)F)C1CNC1. The third-order valence-electron chi connectivity index (χ3n) is 2.84. The standard InChI is InChI=1S/C12H13ClF2N2O2.ClH/c13-9-1-2-10(19-12(14)15)7(3-9)6-17-11(18)8-4-16-5-8;/h1-3,8,12,16H,4-6H2,(H,17,18);1H. The van der Waals surface area contributed by atoms with E-state index in [1.165, 1.54) is 18.2 Å². The topological polar surface area (TPSA) is 50.4 Å². The molecule has 1 aliphatic heterocycles. The number of carbonyl (C=O) groups is 1. The molecule has 1 saturated heterocycles. The quantitative estimate of drug-likeness (QED) is 0.872. The lowest BCUT2D eigenvalue weighted by Gasteiger charge is -2.26. The molecule has 0 spiro atoms. The summed E-state index contributed by atoms with van der Waals surface area (Å²) in [4.78, 5) is 11.6. The first-order valence-corrected chi connectivity index (χ1v) is 6.15. The second kappa shape index (κ2) is 7.61. The lowest BCUT2D eigenvalue weighted by molar-refractivity contribution is -0.126. The zero-order valence-electron chi connectivity index (χ0n) is 10.4. The molecule has 4 nitrogen and oxygen atoms in total. The predicted molar refractivity (Wildman–Crippen MR) is 73.5 cm³/mol. The molecule has 1 heterocycles. The maximum Gasteiger partial charge on any atom is 0.387 e. The van der Waals surface area contributed by atoms with Crippen molar-refractivity contribution in [2.75, 3.05) is 13.1 Å². The summed E-state index contributed by atoms with van der Waals surface area (Å²) in [6.07, 6.45) is 0. The van der Waals surface area contributed by atoms with Gasteiger partial charge in [0.25, 0.3) is 0 Å². The van der Waals surface area contributed by atoms with Gasteiger partial charge in [-0.3, -0.25) is 4.79 Å². The molecule has 20 heavy (non-hydrogen) atoms. The number of hydrogen-bond acceptors (Lipinski definition) is 3. The minimum atomic E-state index is -2.91. The van der Waals surface area contributed by atoms with Gasteiger partial charge in [-0.1, -0.05) is 11.6 Å². The minimum Gasteiger partial charge on any atom is -0.434 e. The molecule has 0 unspecified atom stereocenters. The van der Waals surface area contributed by atoms with E-state index in [0.717, 1.165) is 0 Å². The van der Waals surface area contributed by atoms with Crippen LogP contribution in [-0.2, 0) is 11.3 Å². The molecule has 1 aromatic carbocycles. The zero-order chi connectivity index (χ0) is 13.8. The van der Waals surface area contributed by atoms with Crippen LogP contribution in [0.5, 0.6) is 5.75 Å². The van der Waals surface area contributed by atoms with Crippen molar-refractivity contribution in [3.05, 3.63) is 28.8 Å². The van der Waals surface area contributed by atoms with Crippen LogP contribution in [0.4, 0.5) is 8.78 Å². The molecular weight excluding hydrogens is 313 g/mol. The number of rotatable bonds is 5. The number of hydrogen-bond donors (Lipinski definition) is 2. The molecule has 112 valence electrons. The molecular formula is C12H14Cl2F2N2O2. The van der Waals surface area contributed by atoms with E-state index in [1.54, 1.807) is 0 Å². The number of halogens is 4. The van der Waals surface area contributed by atoms with E-state index in [4.69, 9.17) is 11.6 Å². The number of amides is 1. The molecule has 0 saturated carbocycles. The van der Waals surface area contributed by atoms with Crippen LogP contribution in [0, 0.1) is 5.92 Å². The Kier molecular flexibility index (Phi) is 6.45. The highest BCUT2D eigenvalue weighted by Gasteiger charge is 2.24. The van der Waals surface area contributed by atoms with Gasteiger partial charge in [0.05, 0.1) is 5.92 Å². The summed E-state index contributed by atoms with van der Waals surface area (Å²) in [5.41, 5.74) is 0.424. The third-order valence-corrected chi connectivity index (χ3v) is 3.08. The second-order valence-corrected chi connectivity index (χ2v) is 4.64. The van der Waals surface area contributed by atoms with Crippen LogP contribution in [0.1, 0.15) is 5.56 Å². The van der Waals surface area contributed by atoms with E-state index in [2.05, 4.69) is 15.4 Å². The predicted octanol–water partition coefficient (Wildman–Crippen LogP) is 2.20. The summed E-state index contributed by atoms with van der Waals surface area (Å²) in [5.74, 6) is -0.146. The Bertz CT molecular complexity index is 471. The first kappa shape index (κ1) is 16.9. The summed E-state index contributed by atoms with van der Waals surface area (Å²) in [7, 11) is 0. The molecule has 1 amide bonds. The number of carbonyl (C=O) groups excluding carboxylic acids is 1. The van der Waals surface area contributed by atoms with Gasteiger partial charge in [-0.25, -0.2) is 0 Å². The van der Waals surface area contributed by atoms with Crippen molar-refractivity contribution in [1.29, 1.82) is 0 Å². The third kappa shape index (κ3) is 4.47. The monoisotopic (exact) mass is 326 g/mol. The van der Waals surface area contributed by atoms with Crippen molar-refractivity contribution in [3.8, 4) is 5.75 Å². The van der Waals surface area contributed by atoms with E-state index in [-0.39, 0.29) is 36.5 Å². The van der Waals surface area contributed by atoms with E-state index < -0.39 is 6.61 Å². The van der Waals surface area contributed by atoms with E-state index in [0.29, 0.717) is 23.7 Å². The molecule has 1 aliphatic rings. The van der Waals surface area contributed by atoms with Crippen molar-refractivity contribution in [3.63, 3.8) is 0 Å². The lowest BCUT2D eigenvalue weighted by Crippen LogP contribution is -2.50. The largest absolute Gasteiger partial charge is 0.434 e. The molecule has 0 radical (unpaired) electrons. The Hall–Kier alpha value is -1.11. The Morgan fingerprint density at radius 2 is 2.20 bits per heavy atom. The van der Waals surface area contributed by atoms with Crippen LogP contribution in [-0.4, -0.2) is 25.6 Å². The fourth-order valence-corrected chi connectivity index (χ4v) is 1.89. The van der Waals surface area contributed by atoms with Crippen LogP contribution >= 0.6 is 24.0 Å². The zero-order valence-corrected chi connectivity index (χ0v) is 11.9. The van der Waals surface area contributed by atoms with Gasteiger partial charge in [0.1, 0.15) is 5.75 Å². The average Bonchev–Trinajstić information content (AvgIpc) is 2.26. The number of benzene rings is 1. The van der Waals surface area contributed by atoms with E-state index in [9.17, 15) is 13.6 Å². The summed E-state index contributed by atoms with van der Waals surface area (Å²) in [6.45, 7) is -1.52. The molecule has 0 atom stereocenters. The van der Waals surface area contributed by atoms with Crippen molar-refractivity contribution >= 4 is 29.9 Å². The van der Waals surface area contributed by atoms with Gasteiger partial charge in [-0.15, -0.1) is 12.4 Å². The summed E-state index contributed by atoms with van der Waals surface area (Å²) < 4.78 is 28.9. The molecule has 0 aromatic heterocycles. The first-order chi connectivity index (χ1) is 9.06. The molecule has 2 N–H and O–H groups in total.